The summed E-state index contributed by atoms with van der Waals surface area (Å²) in [6.07, 6.45) is -4.38. The van der Waals surface area contributed by atoms with Gasteiger partial charge in [-0.3, -0.25) is 9.59 Å². The molecule has 0 fully saturated rings. The number of aromatic nitrogens is 1. The van der Waals surface area contributed by atoms with E-state index in [-0.39, 0.29) is 46.0 Å². The topological polar surface area (TPSA) is 122 Å². The second-order valence-electron chi connectivity index (χ2n) is 7.72. The van der Waals surface area contributed by atoms with E-state index in [0.29, 0.717) is 0 Å². The van der Waals surface area contributed by atoms with Crippen molar-refractivity contribution >= 4 is 22.6 Å². The summed E-state index contributed by atoms with van der Waals surface area (Å²) in [5.74, 6) is -0.668. The molecule has 4 rings (SSSR count). The zero-order valence-corrected chi connectivity index (χ0v) is 18.5. The van der Waals surface area contributed by atoms with Crippen molar-refractivity contribution in [2.45, 2.75) is 12.3 Å². The van der Waals surface area contributed by atoms with Crippen LogP contribution in [0.5, 0.6) is 5.88 Å². The first kappa shape index (κ1) is 24.9. The van der Waals surface area contributed by atoms with Gasteiger partial charge in [-0.15, -0.1) is 0 Å². The third-order valence-corrected chi connectivity index (χ3v) is 5.11. The van der Waals surface area contributed by atoms with Crippen molar-refractivity contribution in [1.29, 1.82) is 0 Å². The van der Waals surface area contributed by atoms with Crippen molar-refractivity contribution in [2.24, 2.45) is 0 Å². The summed E-state index contributed by atoms with van der Waals surface area (Å²) >= 11 is 0. The van der Waals surface area contributed by atoms with Crippen molar-refractivity contribution in [3.63, 3.8) is 0 Å². The van der Waals surface area contributed by atoms with Crippen LogP contribution in [-0.4, -0.2) is 40.4 Å². The minimum absolute atomic E-state index is 0.0117. The third kappa shape index (κ3) is 5.53. The molecule has 186 valence electrons. The summed E-state index contributed by atoms with van der Waals surface area (Å²) in [4.78, 5) is 29.5. The summed E-state index contributed by atoms with van der Waals surface area (Å²) in [6, 6.07) is 12.7. The lowest BCUT2D eigenvalue weighted by atomic mass is 10.1. The van der Waals surface area contributed by atoms with Crippen LogP contribution in [0, 0.1) is 0 Å². The van der Waals surface area contributed by atoms with Crippen molar-refractivity contribution in [1.82, 2.24) is 4.98 Å². The number of fused-ring (bicyclic) bond motifs is 1. The largest absolute Gasteiger partial charge is 0.475 e. The molecule has 0 radical (unpaired) electrons. The molecule has 0 aliphatic rings. The smallest absolute Gasteiger partial charge is 0.416 e. The van der Waals surface area contributed by atoms with E-state index in [4.69, 9.17) is 14.3 Å². The number of aliphatic hydroxyl groups is 2. The first-order chi connectivity index (χ1) is 17.2. The maximum atomic E-state index is 13.1. The Balaban J connectivity index is 1.67. The number of amides is 1. The van der Waals surface area contributed by atoms with E-state index in [0.717, 1.165) is 18.2 Å². The molecule has 2 aromatic carbocycles. The minimum Gasteiger partial charge on any atom is -0.475 e. The van der Waals surface area contributed by atoms with E-state index in [9.17, 15) is 27.9 Å². The van der Waals surface area contributed by atoms with E-state index in [2.05, 4.69) is 10.3 Å². The van der Waals surface area contributed by atoms with Crippen LogP contribution in [0.4, 0.5) is 18.9 Å². The molecule has 4 aromatic rings. The van der Waals surface area contributed by atoms with Crippen LogP contribution >= 0.6 is 0 Å². The van der Waals surface area contributed by atoms with Crippen LogP contribution in [0.3, 0.4) is 0 Å². The zero-order valence-electron chi connectivity index (χ0n) is 18.5. The number of hydrogen-bond acceptors (Lipinski definition) is 7. The zero-order chi connectivity index (χ0) is 25.9. The van der Waals surface area contributed by atoms with Gasteiger partial charge in [0.1, 0.15) is 18.5 Å². The van der Waals surface area contributed by atoms with Crippen molar-refractivity contribution in [3.8, 4) is 17.2 Å². The number of halogens is 3. The fourth-order valence-electron chi connectivity index (χ4n) is 3.33. The molecule has 0 bridgehead atoms. The molecule has 2 heterocycles. The molecule has 1 unspecified atom stereocenters. The normalized spacial score (nSPS) is 12.4. The molecule has 36 heavy (non-hydrogen) atoms. The predicted octanol–water partition coefficient (Wildman–Crippen LogP) is 3.86. The highest BCUT2D eigenvalue weighted by atomic mass is 19.4. The number of carbonyl (C=O) groups excluding carboxylic acids is 1. The molecule has 2 aromatic heterocycles. The van der Waals surface area contributed by atoms with E-state index >= 15 is 0 Å². The Labute approximate surface area is 201 Å². The van der Waals surface area contributed by atoms with Crippen LogP contribution in [0.25, 0.3) is 22.3 Å². The summed E-state index contributed by atoms with van der Waals surface area (Å²) in [5.41, 5.74) is -1.10. The van der Waals surface area contributed by atoms with Gasteiger partial charge in [-0.25, -0.2) is 4.98 Å². The molecule has 0 saturated heterocycles. The predicted molar refractivity (Wildman–Crippen MR) is 124 cm³/mol. The quantitative estimate of drug-likeness (QED) is 0.352. The third-order valence-electron chi connectivity index (χ3n) is 5.11. The highest BCUT2D eigenvalue weighted by molar-refractivity contribution is 6.08. The van der Waals surface area contributed by atoms with Gasteiger partial charge in [0.25, 0.3) is 5.91 Å². The monoisotopic (exact) mass is 500 g/mol. The van der Waals surface area contributed by atoms with E-state index in [1.807, 2.05) is 0 Å². The molecule has 3 N–H and O–H groups in total. The average molecular weight is 500 g/mol. The van der Waals surface area contributed by atoms with Gasteiger partial charge in [0.2, 0.25) is 5.88 Å². The summed E-state index contributed by atoms with van der Waals surface area (Å²) in [5, 5.41) is 21.0. The molecule has 8 nitrogen and oxygen atoms in total. The Morgan fingerprint density at radius 2 is 1.89 bits per heavy atom. The number of anilines is 1. The van der Waals surface area contributed by atoms with Gasteiger partial charge in [-0.1, -0.05) is 18.2 Å². The van der Waals surface area contributed by atoms with Gasteiger partial charge in [-0.05, 0) is 30.3 Å². The van der Waals surface area contributed by atoms with Gasteiger partial charge in [0.05, 0.1) is 23.2 Å². The van der Waals surface area contributed by atoms with E-state index in [1.165, 1.54) is 48.7 Å². The molecule has 1 atom stereocenters. The maximum absolute atomic E-state index is 13.1. The summed E-state index contributed by atoms with van der Waals surface area (Å²) in [6.45, 7) is -0.740. The lowest BCUT2D eigenvalue weighted by molar-refractivity contribution is -0.137. The molecule has 0 aliphatic heterocycles. The van der Waals surface area contributed by atoms with Crippen LogP contribution in [0.1, 0.15) is 15.9 Å². The van der Waals surface area contributed by atoms with Crippen molar-refractivity contribution in [3.05, 3.63) is 88.2 Å². The van der Waals surface area contributed by atoms with Crippen molar-refractivity contribution < 1.29 is 37.3 Å². The fourth-order valence-corrected chi connectivity index (χ4v) is 3.33. The molecule has 11 heteroatoms. The first-order valence-corrected chi connectivity index (χ1v) is 10.6. The Morgan fingerprint density at radius 1 is 1.11 bits per heavy atom. The summed E-state index contributed by atoms with van der Waals surface area (Å²) in [7, 11) is 0. The Hall–Kier alpha value is -4.22. The number of benzene rings is 2. The first-order valence-electron chi connectivity index (χ1n) is 10.6. The molecular formula is C25H19F3N2O6. The standard InChI is InChI=1S/C25H19F3N2O6/c26-25(27,28)16-4-1-3-14(9-16)21-11-20(33)18-5-2-6-19(23(18)36-21)30-24(34)15-7-8-29-22(10-15)35-13-17(32)12-31/h1-11,17,31-32H,12-13H2,(H,30,34). The molecule has 0 spiro atoms. The van der Waals surface area contributed by atoms with Crippen LogP contribution in [0.15, 0.2) is 76.1 Å². The number of pyridine rings is 1. The van der Waals surface area contributed by atoms with Gasteiger partial charge >= 0.3 is 6.18 Å². The SMILES string of the molecule is O=C(Nc1cccc2c(=O)cc(-c3cccc(C(F)(F)F)c3)oc12)c1ccnc(OCC(O)CO)c1. The van der Waals surface area contributed by atoms with Gasteiger partial charge < -0.3 is 24.7 Å². The van der Waals surface area contributed by atoms with Crippen LogP contribution < -0.4 is 15.5 Å². The van der Waals surface area contributed by atoms with Gasteiger partial charge in [-0.2, -0.15) is 13.2 Å². The van der Waals surface area contributed by atoms with Crippen molar-refractivity contribution in [2.75, 3.05) is 18.5 Å². The number of alkyl halides is 3. The second-order valence-corrected chi connectivity index (χ2v) is 7.72. The van der Waals surface area contributed by atoms with Gasteiger partial charge in [0, 0.05) is 29.5 Å². The number of ether oxygens (including phenoxy) is 1. The highest BCUT2D eigenvalue weighted by Gasteiger charge is 2.30. The molecule has 0 aliphatic carbocycles. The fraction of sp³-hybridized carbons (Fsp3) is 0.160. The number of rotatable bonds is 7. The van der Waals surface area contributed by atoms with Gasteiger partial charge in [0.15, 0.2) is 11.0 Å². The Kier molecular flexibility index (Phi) is 7.04. The highest BCUT2D eigenvalue weighted by Crippen LogP contribution is 2.33. The molecular weight excluding hydrogens is 481 g/mol. The Morgan fingerprint density at radius 3 is 2.64 bits per heavy atom. The van der Waals surface area contributed by atoms with E-state index in [1.54, 1.807) is 0 Å². The lowest BCUT2D eigenvalue weighted by Crippen LogP contribution is -2.21. The number of para-hydroxylation sites is 1. The lowest BCUT2D eigenvalue weighted by Gasteiger charge is -2.12. The number of nitrogens with one attached hydrogen (secondary N) is 1. The number of hydrogen-bond donors (Lipinski definition) is 3. The second kappa shape index (κ2) is 10.2. The molecule has 0 saturated carbocycles. The average Bonchev–Trinajstić information content (AvgIpc) is 2.87. The van der Waals surface area contributed by atoms with Crippen LogP contribution in [0.2, 0.25) is 0 Å². The summed E-state index contributed by atoms with van der Waals surface area (Å²) < 4.78 is 50.5. The van der Waals surface area contributed by atoms with Crippen LogP contribution in [-0.2, 0) is 6.18 Å². The minimum atomic E-state index is -4.57. The molecule has 1 amide bonds. The number of nitrogens with zero attached hydrogens (tertiary/aromatic N) is 1. The van der Waals surface area contributed by atoms with E-state index < -0.39 is 35.8 Å². The Bertz CT molecular complexity index is 1470. The number of carbonyl (C=O) groups is 1. The maximum Gasteiger partial charge on any atom is 0.416 e. The number of aliphatic hydroxyl groups excluding tert-OH is 2.